The first-order valence-corrected chi connectivity index (χ1v) is 11.6. The molecule has 1 amide bonds. The lowest BCUT2D eigenvalue weighted by Gasteiger charge is -2.30. The number of nitrogens with one attached hydrogen (secondary N) is 1. The summed E-state index contributed by atoms with van der Waals surface area (Å²) in [6.07, 6.45) is 2.35. The van der Waals surface area contributed by atoms with Crippen molar-refractivity contribution in [1.82, 2.24) is 10.2 Å². The highest BCUT2D eigenvalue weighted by Gasteiger charge is 2.18. The van der Waals surface area contributed by atoms with Gasteiger partial charge < -0.3 is 19.4 Å². The average molecular weight is 471 g/mol. The summed E-state index contributed by atoms with van der Waals surface area (Å²) in [5.41, 5.74) is 1.68. The monoisotopic (exact) mass is 470 g/mol. The molecule has 1 aliphatic heterocycles. The fourth-order valence-electron chi connectivity index (χ4n) is 4.25. The maximum atomic E-state index is 12.8. The van der Waals surface area contributed by atoms with Crippen LogP contribution in [0.25, 0.3) is 22.2 Å². The minimum absolute atomic E-state index is 0.0802. The van der Waals surface area contributed by atoms with Gasteiger partial charge in [0.15, 0.2) is 17.2 Å². The number of nitrogens with zero attached hydrogens (tertiary/aromatic N) is 3. The molecule has 2 aromatic carbocycles. The van der Waals surface area contributed by atoms with E-state index >= 15 is 0 Å². The molecule has 0 bridgehead atoms. The van der Waals surface area contributed by atoms with E-state index in [1.807, 2.05) is 24.3 Å². The van der Waals surface area contributed by atoms with E-state index in [1.54, 1.807) is 30.3 Å². The van der Waals surface area contributed by atoms with Crippen molar-refractivity contribution in [1.29, 1.82) is 0 Å². The molecule has 8 heteroatoms. The summed E-state index contributed by atoms with van der Waals surface area (Å²) in [6, 6.07) is 17.9. The van der Waals surface area contributed by atoms with Crippen molar-refractivity contribution in [3.8, 4) is 17.0 Å². The molecule has 0 saturated carbocycles. The Labute approximate surface area is 202 Å². The second kappa shape index (κ2) is 9.58. The molecule has 1 aliphatic rings. The van der Waals surface area contributed by atoms with E-state index in [0.29, 0.717) is 22.4 Å². The normalized spacial score (nSPS) is 14.2. The van der Waals surface area contributed by atoms with Gasteiger partial charge >= 0.3 is 5.63 Å². The molecule has 8 nitrogen and oxygen atoms in total. The van der Waals surface area contributed by atoms with Crippen molar-refractivity contribution in [2.24, 2.45) is 5.92 Å². The molecule has 1 saturated heterocycles. The van der Waals surface area contributed by atoms with Crippen LogP contribution in [0.1, 0.15) is 30.1 Å². The second-order valence-corrected chi connectivity index (χ2v) is 8.80. The van der Waals surface area contributed by atoms with Crippen molar-refractivity contribution >= 4 is 28.4 Å². The van der Waals surface area contributed by atoms with Crippen LogP contribution in [0.15, 0.2) is 69.9 Å². The smallest absolute Gasteiger partial charge is 0.349 e. The van der Waals surface area contributed by atoms with E-state index < -0.39 is 11.5 Å². The van der Waals surface area contributed by atoms with Gasteiger partial charge in [-0.1, -0.05) is 31.2 Å². The standard InChI is InChI=1S/C27H26N4O4/c1-17-12-14-31(15-13-17)24-11-10-22(29-30-24)18-6-8-20(9-7-18)28-26(32)21-16-19-4-3-5-23(34-2)25(19)35-27(21)33/h3-11,16-17H,12-15H2,1-2H3,(H,28,32). The van der Waals surface area contributed by atoms with E-state index in [1.165, 1.54) is 26.0 Å². The number of carbonyl (C=O) groups excluding carboxylic acids is 1. The van der Waals surface area contributed by atoms with Gasteiger partial charge in [-0.15, -0.1) is 10.2 Å². The predicted molar refractivity (Wildman–Crippen MR) is 135 cm³/mol. The van der Waals surface area contributed by atoms with Crippen molar-refractivity contribution in [2.75, 3.05) is 30.4 Å². The molecule has 178 valence electrons. The number of benzene rings is 2. The number of anilines is 2. The topological polar surface area (TPSA) is 97.6 Å². The third kappa shape index (κ3) is 4.73. The van der Waals surface area contributed by atoms with Crippen molar-refractivity contribution < 1.29 is 13.9 Å². The Morgan fingerprint density at radius 2 is 1.83 bits per heavy atom. The van der Waals surface area contributed by atoms with Crippen LogP contribution in [-0.2, 0) is 0 Å². The maximum absolute atomic E-state index is 12.8. The van der Waals surface area contributed by atoms with Crippen LogP contribution < -0.4 is 20.6 Å². The number of carbonyl (C=O) groups is 1. The number of hydrogen-bond donors (Lipinski definition) is 1. The number of fused-ring (bicyclic) bond motifs is 1. The summed E-state index contributed by atoms with van der Waals surface area (Å²) in [5, 5.41) is 12.2. The highest BCUT2D eigenvalue weighted by molar-refractivity contribution is 6.05. The summed E-state index contributed by atoms with van der Waals surface area (Å²) in [6.45, 7) is 4.30. The van der Waals surface area contributed by atoms with Crippen LogP contribution in [0.2, 0.25) is 0 Å². The first kappa shape index (κ1) is 22.6. The van der Waals surface area contributed by atoms with Crippen LogP contribution in [-0.4, -0.2) is 36.3 Å². The van der Waals surface area contributed by atoms with Gasteiger partial charge in [-0.3, -0.25) is 4.79 Å². The molecule has 35 heavy (non-hydrogen) atoms. The highest BCUT2D eigenvalue weighted by atomic mass is 16.5. The van der Waals surface area contributed by atoms with Crippen LogP contribution >= 0.6 is 0 Å². The average Bonchev–Trinajstić information content (AvgIpc) is 2.89. The highest BCUT2D eigenvalue weighted by Crippen LogP contribution is 2.26. The first-order valence-electron chi connectivity index (χ1n) is 11.6. The zero-order valence-electron chi connectivity index (χ0n) is 19.7. The summed E-state index contributed by atoms with van der Waals surface area (Å²) in [5.74, 6) is 1.55. The number of methoxy groups -OCH3 is 1. The Kier molecular flexibility index (Phi) is 6.18. The van der Waals surface area contributed by atoms with Gasteiger partial charge in [0.05, 0.1) is 12.8 Å². The number of rotatable bonds is 5. The molecular formula is C27H26N4O4. The number of para-hydroxylation sites is 1. The van der Waals surface area contributed by atoms with Gasteiger partial charge in [-0.25, -0.2) is 4.79 Å². The number of aromatic nitrogens is 2. The Morgan fingerprint density at radius 3 is 2.51 bits per heavy atom. The molecule has 0 unspecified atom stereocenters. The lowest BCUT2D eigenvalue weighted by molar-refractivity contribution is 0.102. The third-order valence-corrected chi connectivity index (χ3v) is 6.39. The van der Waals surface area contributed by atoms with Gasteiger partial charge in [-0.05, 0) is 55.2 Å². The number of amides is 1. The number of hydrogen-bond acceptors (Lipinski definition) is 7. The van der Waals surface area contributed by atoms with Crippen LogP contribution in [0.4, 0.5) is 11.5 Å². The summed E-state index contributed by atoms with van der Waals surface area (Å²) >= 11 is 0. The minimum atomic E-state index is -0.727. The van der Waals surface area contributed by atoms with Crippen molar-refractivity contribution in [2.45, 2.75) is 19.8 Å². The van der Waals surface area contributed by atoms with Crippen LogP contribution in [0.5, 0.6) is 5.75 Å². The quantitative estimate of drug-likeness (QED) is 0.421. The molecular weight excluding hydrogens is 444 g/mol. The van der Waals surface area contributed by atoms with Crippen molar-refractivity contribution in [3.05, 3.63) is 76.6 Å². The Balaban J connectivity index is 1.29. The molecule has 0 spiro atoms. The maximum Gasteiger partial charge on any atom is 0.349 e. The van der Waals surface area contributed by atoms with E-state index in [2.05, 4.69) is 27.3 Å². The van der Waals surface area contributed by atoms with E-state index in [4.69, 9.17) is 9.15 Å². The summed E-state index contributed by atoms with van der Waals surface area (Å²) in [4.78, 5) is 27.5. The van der Waals surface area contributed by atoms with Gasteiger partial charge in [-0.2, -0.15) is 0 Å². The molecule has 0 aliphatic carbocycles. The van der Waals surface area contributed by atoms with Gasteiger partial charge in [0.1, 0.15) is 5.56 Å². The van der Waals surface area contributed by atoms with Crippen LogP contribution in [0, 0.1) is 5.92 Å². The zero-order valence-corrected chi connectivity index (χ0v) is 19.7. The fourth-order valence-corrected chi connectivity index (χ4v) is 4.25. The SMILES string of the molecule is COc1cccc2cc(C(=O)Nc3ccc(-c4ccc(N5CCC(C)CC5)nn4)cc3)c(=O)oc12. The minimum Gasteiger partial charge on any atom is -0.493 e. The molecule has 3 heterocycles. The summed E-state index contributed by atoms with van der Waals surface area (Å²) < 4.78 is 10.6. The number of piperidine rings is 1. The van der Waals surface area contributed by atoms with Crippen LogP contribution in [0.3, 0.4) is 0 Å². The lowest BCUT2D eigenvalue weighted by atomic mass is 9.99. The molecule has 4 aromatic rings. The zero-order chi connectivity index (χ0) is 24.4. The van der Waals surface area contributed by atoms with E-state index in [-0.39, 0.29) is 5.56 Å². The van der Waals surface area contributed by atoms with Gasteiger partial charge in [0, 0.05) is 29.7 Å². The van der Waals surface area contributed by atoms with Gasteiger partial charge in [0.2, 0.25) is 0 Å². The molecule has 2 aromatic heterocycles. The Hall–Kier alpha value is -4.20. The third-order valence-electron chi connectivity index (χ3n) is 6.39. The molecule has 1 fully saturated rings. The lowest BCUT2D eigenvalue weighted by Crippen LogP contribution is -2.33. The molecule has 0 atom stereocenters. The van der Waals surface area contributed by atoms with Gasteiger partial charge in [0.25, 0.3) is 5.91 Å². The Bertz CT molecular complexity index is 1410. The first-order chi connectivity index (χ1) is 17.0. The molecule has 1 N–H and O–H groups in total. The van der Waals surface area contributed by atoms with E-state index in [9.17, 15) is 9.59 Å². The van der Waals surface area contributed by atoms with E-state index in [0.717, 1.165) is 36.1 Å². The molecule has 5 rings (SSSR count). The fraction of sp³-hybridized carbons (Fsp3) is 0.259. The second-order valence-electron chi connectivity index (χ2n) is 8.80. The largest absolute Gasteiger partial charge is 0.493 e. The molecule has 0 radical (unpaired) electrons. The summed E-state index contributed by atoms with van der Waals surface area (Å²) in [7, 11) is 1.49. The predicted octanol–water partition coefficient (Wildman–Crippen LogP) is 4.75. The Morgan fingerprint density at radius 1 is 1.06 bits per heavy atom. The number of ether oxygens (including phenoxy) is 1. The van der Waals surface area contributed by atoms with Crippen molar-refractivity contribution in [3.63, 3.8) is 0 Å².